The fourth-order valence-electron chi connectivity index (χ4n) is 1.86. The second kappa shape index (κ2) is 11.6. The molecule has 1 atom stereocenters. The zero-order valence-corrected chi connectivity index (χ0v) is 13.1. The van der Waals surface area contributed by atoms with Crippen LogP contribution in [0.2, 0.25) is 0 Å². The van der Waals surface area contributed by atoms with Gasteiger partial charge in [0.1, 0.15) is 0 Å². The Bertz CT molecular complexity index is 293. The fraction of sp³-hybridized carbons (Fsp3) is 1.00. The van der Waals surface area contributed by atoms with Crippen molar-refractivity contribution in [1.29, 1.82) is 0 Å². The molecule has 116 valence electrons. The third kappa shape index (κ3) is 15.8. The van der Waals surface area contributed by atoms with Gasteiger partial charge in [-0.2, -0.15) is 0 Å². The molecule has 0 rings (SSSR count). The predicted octanol–water partition coefficient (Wildman–Crippen LogP) is 2.06. The largest absolute Gasteiger partial charge is 0.382 e. The van der Waals surface area contributed by atoms with Gasteiger partial charge in [0.05, 0.1) is 18.5 Å². The van der Waals surface area contributed by atoms with Crippen molar-refractivity contribution in [1.82, 2.24) is 0 Å². The molecule has 0 amide bonds. The number of hydrogen-bond acceptors (Lipinski definition) is 4. The molecule has 6 heteroatoms. The minimum absolute atomic E-state index is 0.109. The van der Waals surface area contributed by atoms with Crippen molar-refractivity contribution in [2.75, 3.05) is 26.1 Å². The third-order valence-electron chi connectivity index (χ3n) is 2.88. The Morgan fingerprint density at radius 3 is 2.05 bits per heavy atom. The van der Waals surface area contributed by atoms with Crippen LogP contribution in [0.15, 0.2) is 0 Å². The Kier molecular flexibility index (Phi) is 11.5. The van der Waals surface area contributed by atoms with Crippen molar-refractivity contribution < 1.29 is 17.9 Å². The van der Waals surface area contributed by atoms with Crippen LogP contribution in [0.4, 0.5) is 0 Å². The number of sulfonamides is 1. The molecule has 2 N–H and O–H groups in total. The Labute approximate surface area is 117 Å². The maximum atomic E-state index is 10.7. The van der Waals surface area contributed by atoms with Gasteiger partial charge in [0.25, 0.3) is 0 Å². The molecule has 0 fully saturated rings. The molecule has 0 aliphatic rings. The van der Waals surface area contributed by atoms with Gasteiger partial charge in [-0.25, -0.2) is 13.6 Å². The molecule has 0 radical (unpaired) electrons. The highest BCUT2D eigenvalue weighted by Gasteiger charge is 2.02. The molecular formula is C13H29NO4S. The number of nitrogens with two attached hydrogens (primary N) is 1. The summed E-state index contributed by atoms with van der Waals surface area (Å²) in [6.07, 6.45) is 7.43. The van der Waals surface area contributed by atoms with Gasteiger partial charge in [-0.05, 0) is 19.8 Å². The summed E-state index contributed by atoms with van der Waals surface area (Å²) in [6, 6.07) is 0. The summed E-state index contributed by atoms with van der Waals surface area (Å²) in [5.74, 6) is 0.109. The summed E-state index contributed by atoms with van der Waals surface area (Å²) in [4.78, 5) is 0. The Morgan fingerprint density at radius 2 is 1.53 bits per heavy atom. The molecule has 0 aliphatic heterocycles. The Morgan fingerprint density at radius 1 is 1.00 bits per heavy atom. The maximum absolute atomic E-state index is 10.7. The highest BCUT2D eigenvalue weighted by Crippen LogP contribution is 2.08. The van der Waals surface area contributed by atoms with Crippen LogP contribution in [0.5, 0.6) is 0 Å². The van der Waals surface area contributed by atoms with E-state index in [2.05, 4.69) is 0 Å². The summed E-state index contributed by atoms with van der Waals surface area (Å²) in [5.41, 5.74) is 0. The molecule has 0 aromatic carbocycles. The summed E-state index contributed by atoms with van der Waals surface area (Å²) >= 11 is 0. The van der Waals surface area contributed by atoms with Crippen molar-refractivity contribution in [3.63, 3.8) is 0 Å². The van der Waals surface area contributed by atoms with Crippen molar-refractivity contribution >= 4 is 10.0 Å². The normalized spacial score (nSPS) is 13.6. The molecule has 0 bridgehead atoms. The number of ether oxygens (including phenoxy) is 2. The number of unbranched alkanes of at least 4 members (excludes halogenated alkanes) is 6. The van der Waals surface area contributed by atoms with E-state index in [0.29, 0.717) is 13.0 Å². The van der Waals surface area contributed by atoms with Gasteiger partial charge >= 0.3 is 0 Å². The second-order valence-corrected chi connectivity index (χ2v) is 6.71. The molecule has 19 heavy (non-hydrogen) atoms. The smallest absolute Gasteiger partial charge is 0.209 e. The monoisotopic (exact) mass is 295 g/mol. The summed E-state index contributed by atoms with van der Waals surface area (Å²) in [5, 5.41) is 4.93. The van der Waals surface area contributed by atoms with Crippen molar-refractivity contribution in [3.8, 4) is 0 Å². The van der Waals surface area contributed by atoms with E-state index in [0.717, 1.165) is 38.7 Å². The molecule has 0 heterocycles. The van der Waals surface area contributed by atoms with Gasteiger partial charge in [-0.3, -0.25) is 0 Å². The van der Waals surface area contributed by atoms with E-state index < -0.39 is 10.0 Å². The summed E-state index contributed by atoms with van der Waals surface area (Å²) in [7, 11) is -1.59. The lowest BCUT2D eigenvalue weighted by Gasteiger charge is -2.11. The predicted molar refractivity (Wildman–Crippen MR) is 77.6 cm³/mol. The van der Waals surface area contributed by atoms with Crippen LogP contribution in [-0.4, -0.2) is 40.6 Å². The molecule has 0 aromatic heterocycles. The quantitative estimate of drug-likeness (QED) is 0.527. The lowest BCUT2D eigenvalue weighted by atomic mass is 10.1. The van der Waals surface area contributed by atoms with E-state index in [1.807, 2.05) is 6.92 Å². The number of rotatable bonds is 13. The van der Waals surface area contributed by atoms with Crippen LogP contribution >= 0.6 is 0 Å². The summed E-state index contributed by atoms with van der Waals surface area (Å²) < 4.78 is 31.9. The molecule has 0 saturated carbocycles. The van der Waals surface area contributed by atoms with Crippen LogP contribution in [0, 0.1) is 0 Å². The minimum atomic E-state index is -3.27. The lowest BCUT2D eigenvalue weighted by molar-refractivity contribution is 0.00763. The molecule has 1 unspecified atom stereocenters. The third-order valence-corrected chi connectivity index (χ3v) is 3.73. The average Bonchev–Trinajstić information content (AvgIpc) is 2.30. The molecule has 0 spiro atoms. The minimum Gasteiger partial charge on any atom is -0.382 e. The van der Waals surface area contributed by atoms with Gasteiger partial charge < -0.3 is 9.47 Å². The Hall–Kier alpha value is -0.170. The van der Waals surface area contributed by atoms with E-state index in [9.17, 15) is 8.42 Å². The van der Waals surface area contributed by atoms with Crippen molar-refractivity contribution in [2.45, 2.75) is 58.0 Å². The van der Waals surface area contributed by atoms with E-state index in [1.165, 1.54) is 6.42 Å². The number of primary sulfonamides is 1. The van der Waals surface area contributed by atoms with E-state index in [1.54, 1.807) is 7.11 Å². The van der Waals surface area contributed by atoms with Gasteiger partial charge in [0, 0.05) is 13.7 Å². The number of hydrogen-bond donors (Lipinski definition) is 1. The first-order valence-electron chi connectivity index (χ1n) is 7.06. The van der Waals surface area contributed by atoms with Gasteiger partial charge in [-0.1, -0.05) is 32.1 Å². The van der Waals surface area contributed by atoms with E-state index >= 15 is 0 Å². The van der Waals surface area contributed by atoms with Gasteiger partial charge in [0.2, 0.25) is 10.0 Å². The fourth-order valence-corrected chi connectivity index (χ4v) is 2.46. The molecule has 5 nitrogen and oxygen atoms in total. The first-order chi connectivity index (χ1) is 8.95. The lowest BCUT2D eigenvalue weighted by Crippen LogP contribution is -2.16. The molecule has 0 saturated heterocycles. The summed E-state index contributed by atoms with van der Waals surface area (Å²) in [6.45, 7) is 3.44. The van der Waals surface area contributed by atoms with Crippen LogP contribution in [0.3, 0.4) is 0 Å². The maximum Gasteiger partial charge on any atom is 0.209 e. The zero-order valence-electron chi connectivity index (χ0n) is 12.3. The molecular weight excluding hydrogens is 266 g/mol. The zero-order chi connectivity index (χ0) is 14.6. The highest BCUT2D eigenvalue weighted by atomic mass is 32.2. The van der Waals surface area contributed by atoms with Crippen LogP contribution in [0.1, 0.15) is 51.9 Å². The SMILES string of the molecule is COCC(C)OCCCCCCCCCS(N)(=O)=O. The molecule has 0 aliphatic carbocycles. The van der Waals surface area contributed by atoms with E-state index in [4.69, 9.17) is 14.6 Å². The van der Waals surface area contributed by atoms with Gasteiger partial charge in [-0.15, -0.1) is 0 Å². The van der Waals surface area contributed by atoms with Crippen LogP contribution in [0.25, 0.3) is 0 Å². The first-order valence-corrected chi connectivity index (χ1v) is 8.78. The molecule has 0 aromatic rings. The van der Waals surface area contributed by atoms with Crippen LogP contribution in [-0.2, 0) is 19.5 Å². The van der Waals surface area contributed by atoms with Gasteiger partial charge in [0.15, 0.2) is 0 Å². The second-order valence-electron chi connectivity index (χ2n) is 4.98. The Balaban J connectivity index is 3.15. The van der Waals surface area contributed by atoms with Crippen molar-refractivity contribution in [2.24, 2.45) is 5.14 Å². The van der Waals surface area contributed by atoms with Crippen LogP contribution < -0.4 is 5.14 Å². The topological polar surface area (TPSA) is 78.6 Å². The van der Waals surface area contributed by atoms with Crippen molar-refractivity contribution in [3.05, 3.63) is 0 Å². The average molecular weight is 295 g/mol. The number of methoxy groups -OCH3 is 1. The first kappa shape index (κ1) is 18.8. The van der Waals surface area contributed by atoms with E-state index in [-0.39, 0.29) is 11.9 Å². The highest BCUT2D eigenvalue weighted by molar-refractivity contribution is 7.89. The standard InChI is InChI=1S/C13H29NO4S/c1-13(12-17-2)18-10-8-6-4-3-5-7-9-11-19(14,15)16/h13H,3-12H2,1-2H3,(H2,14,15,16).